The predicted octanol–water partition coefficient (Wildman–Crippen LogP) is 4.19. The normalized spacial score (nSPS) is 13.5. The Balaban J connectivity index is 1.84. The standard InChI is InChI=1S/C28H34FNO6S/c1-28(37(4,33)34,26(31)19-36-3)13-15-30-14-12-22-18-21(9-11-24(22)27(30)32)23-10-8-20(17-25(23)29)7-5-6-16-35-2/h8-12,14,17-18H,5-7,13,15-16,19H2,1-4H3/t28-/m1/s1. The van der Waals surface area contributed by atoms with Gasteiger partial charge in [-0.3, -0.25) is 9.59 Å². The number of Topliss-reactive ketones (excluding diaryl/α,β-unsaturated/α-hetero) is 1. The van der Waals surface area contributed by atoms with Crippen molar-refractivity contribution in [2.75, 3.05) is 33.7 Å². The van der Waals surface area contributed by atoms with E-state index in [1.807, 2.05) is 6.07 Å². The molecule has 0 radical (unpaired) electrons. The number of ketones is 1. The number of aryl methyl sites for hydroxylation is 2. The molecule has 1 heterocycles. The zero-order valence-electron chi connectivity index (χ0n) is 21.8. The molecule has 200 valence electrons. The first kappa shape index (κ1) is 28.7. The summed E-state index contributed by atoms with van der Waals surface area (Å²) in [4.78, 5) is 25.6. The molecule has 0 aliphatic rings. The minimum Gasteiger partial charge on any atom is -0.385 e. The Labute approximate surface area is 217 Å². The van der Waals surface area contributed by atoms with Gasteiger partial charge in [-0.1, -0.05) is 18.2 Å². The van der Waals surface area contributed by atoms with Gasteiger partial charge in [-0.05, 0) is 73.4 Å². The highest BCUT2D eigenvalue weighted by atomic mass is 32.2. The van der Waals surface area contributed by atoms with E-state index in [0.29, 0.717) is 28.5 Å². The average Bonchev–Trinajstić information content (AvgIpc) is 2.85. The predicted molar refractivity (Wildman–Crippen MR) is 143 cm³/mol. The SMILES string of the molecule is COCCCCc1ccc(-c2ccc3c(=O)n(CC[C@](C)(C(=O)COC)S(C)(=O)=O)ccc3c2)c(F)c1. The number of methoxy groups -OCH3 is 2. The van der Waals surface area contributed by atoms with Gasteiger partial charge in [0.2, 0.25) is 0 Å². The van der Waals surface area contributed by atoms with Crippen LogP contribution in [0.15, 0.2) is 53.5 Å². The quantitative estimate of drug-likeness (QED) is 0.307. The molecular weight excluding hydrogens is 497 g/mol. The lowest BCUT2D eigenvalue weighted by Gasteiger charge is -2.26. The van der Waals surface area contributed by atoms with E-state index < -0.39 is 20.4 Å². The van der Waals surface area contributed by atoms with Crippen molar-refractivity contribution in [3.05, 3.63) is 70.4 Å². The second-order valence-corrected chi connectivity index (χ2v) is 11.9. The van der Waals surface area contributed by atoms with Crippen molar-refractivity contribution < 1.29 is 27.1 Å². The van der Waals surface area contributed by atoms with Crippen LogP contribution in [-0.2, 0) is 37.1 Å². The maximum absolute atomic E-state index is 14.9. The number of unbranched alkanes of at least 4 members (excludes halogenated alkanes) is 1. The highest BCUT2D eigenvalue weighted by molar-refractivity contribution is 7.92. The Kier molecular flexibility index (Phi) is 9.39. The van der Waals surface area contributed by atoms with Crippen LogP contribution in [0.1, 0.15) is 31.7 Å². The summed E-state index contributed by atoms with van der Waals surface area (Å²) < 4.78 is 49.3. The van der Waals surface area contributed by atoms with E-state index in [2.05, 4.69) is 0 Å². The van der Waals surface area contributed by atoms with Crippen LogP contribution in [0.4, 0.5) is 4.39 Å². The molecule has 0 aliphatic heterocycles. The molecule has 0 N–H and O–H groups in total. The van der Waals surface area contributed by atoms with Crippen LogP contribution >= 0.6 is 0 Å². The summed E-state index contributed by atoms with van der Waals surface area (Å²) in [5.74, 6) is -0.878. The lowest BCUT2D eigenvalue weighted by Crippen LogP contribution is -2.46. The number of sulfone groups is 1. The monoisotopic (exact) mass is 531 g/mol. The number of fused-ring (bicyclic) bond motifs is 1. The van der Waals surface area contributed by atoms with Crippen molar-refractivity contribution in [1.82, 2.24) is 4.57 Å². The zero-order valence-corrected chi connectivity index (χ0v) is 22.6. The van der Waals surface area contributed by atoms with Gasteiger partial charge in [0.25, 0.3) is 5.56 Å². The fraction of sp³-hybridized carbons (Fsp3) is 0.429. The second kappa shape index (κ2) is 12.1. The molecule has 0 amide bonds. The number of pyridine rings is 1. The second-order valence-electron chi connectivity index (χ2n) is 9.49. The molecule has 0 spiro atoms. The smallest absolute Gasteiger partial charge is 0.258 e. The van der Waals surface area contributed by atoms with Crippen molar-refractivity contribution >= 4 is 26.4 Å². The van der Waals surface area contributed by atoms with Gasteiger partial charge in [0.05, 0.1) is 0 Å². The number of rotatable bonds is 13. The Morgan fingerprint density at radius 2 is 1.81 bits per heavy atom. The van der Waals surface area contributed by atoms with Gasteiger partial charge in [0.15, 0.2) is 15.6 Å². The lowest BCUT2D eigenvalue weighted by molar-refractivity contribution is -0.125. The number of ether oxygens (including phenoxy) is 2. The Morgan fingerprint density at radius 1 is 1.05 bits per heavy atom. The molecule has 0 bridgehead atoms. The van der Waals surface area contributed by atoms with Gasteiger partial charge >= 0.3 is 0 Å². The topological polar surface area (TPSA) is 91.7 Å². The molecule has 1 aromatic heterocycles. The largest absolute Gasteiger partial charge is 0.385 e. The Bertz CT molecular complexity index is 1430. The number of hydrogen-bond acceptors (Lipinski definition) is 6. The number of nitrogens with zero attached hydrogens (tertiary/aromatic N) is 1. The van der Waals surface area contributed by atoms with Crippen LogP contribution in [-0.4, -0.2) is 57.2 Å². The summed E-state index contributed by atoms with van der Waals surface area (Å²) in [7, 11) is -0.761. The minimum atomic E-state index is -3.75. The average molecular weight is 532 g/mol. The number of hydrogen-bond donors (Lipinski definition) is 0. The van der Waals surface area contributed by atoms with Crippen molar-refractivity contribution in [2.24, 2.45) is 0 Å². The molecule has 3 rings (SSSR count). The van der Waals surface area contributed by atoms with Crippen LogP contribution in [0.5, 0.6) is 0 Å². The zero-order chi connectivity index (χ0) is 27.2. The molecule has 7 nitrogen and oxygen atoms in total. The lowest BCUT2D eigenvalue weighted by atomic mass is 9.98. The summed E-state index contributed by atoms with van der Waals surface area (Å²) >= 11 is 0. The highest BCUT2D eigenvalue weighted by Gasteiger charge is 2.42. The molecule has 0 saturated carbocycles. The van der Waals surface area contributed by atoms with Gasteiger partial charge in [-0.2, -0.15) is 0 Å². The number of benzene rings is 2. The molecule has 1 atom stereocenters. The molecule has 0 unspecified atom stereocenters. The number of halogens is 1. The van der Waals surface area contributed by atoms with Crippen LogP contribution in [0, 0.1) is 5.82 Å². The van der Waals surface area contributed by atoms with Crippen LogP contribution in [0.25, 0.3) is 21.9 Å². The third-order valence-corrected chi connectivity index (χ3v) is 8.97. The van der Waals surface area contributed by atoms with E-state index >= 15 is 0 Å². The van der Waals surface area contributed by atoms with Gasteiger partial charge in [-0.15, -0.1) is 0 Å². The van der Waals surface area contributed by atoms with Gasteiger partial charge < -0.3 is 14.0 Å². The summed E-state index contributed by atoms with van der Waals surface area (Å²) in [6.45, 7) is 1.75. The minimum absolute atomic E-state index is 0.0377. The van der Waals surface area contributed by atoms with E-state index in [-0.39, 0.29) is 30.9 Å². The van der Waals surface area contributed by atoms with Gasteiger partial charge in [-0.25, -0.2) is 12.8 Å². The number of aromatic nitrogens is 1. The molecule has 9 heteroatoms. The van der Waals surface area contributed by atoms with Crippen LogP contribution in [0.3, 0.4) is 0 Å². The van der Waals surface area contributed by atoms with Gasteiger partial charge in [0, 0.05) is 50.8 Å². The molecule has 2 aromatic carbocycles. The van der Waals surface area contributed by atoms with E-state index in [1.165, 1.54) is 18.6 Å². The maximum Gasteiger partial charge on any atom is 0.258 e. The summed E-state index contributed by atoms with van der Waals surface area (Å²) in [5, 5.41) is 1.06. The van der Waals surface area contributed by atoms with Crippen LogP contribution < -0.4 is 5.56 Å². The molecular formula is C28H34FNO6S. The Morgan fingerprint density at radius 3 is 2.46 bits per heavy atom. The third-order valence-electron chi connectivity index (χ3n) is 6.90. The summed E-state index contributed by atoms with van der Waals surface area (Å²) in [6.07, 6.45) is 5.11. The Hall–Kier alpha value is -2.88. The van der Waals surface area contributed by atoms with Crippen molar-refractivity contribution in [3.8, 4) is 11.1 Å². The van der Waals surface area contributed by atoms with Gasteiger partial charge in [0.1, 0.15) is 17.2 Å². The number of carbonyl (C=O) groups excluding carboxylic acids is 1. The first-order valence-electron chi connectivity index (χ1n) is 12.1. The number of carbonyl (C=O) groups is 1. The van der Waals surface area contributed by atoms with E-state index in [0.717, 1.165) is 31.1 Å². The molecule has 37 heavy (non-hydrogen) atoms. The fourth-order valence-corrected chi connectivity index (χ4v) is 5.24. The highest BCUT2D eigenvalue weighted by Crippen LogP contribution is 2.27. The van der Waals surface area contributed by atoms with E-state index in [1.54, 1.807) is 49.7 Å². The van der Waals surface area contributed by atoms with Crippen molar-refractivity contribution in [1.29, 1.82) is 0 Å². The summed E-state index contributed by atoms with van der Waals surface area (Å²) in [5.41, 5.74) is 1.72. The molecule has 0 aliphatic carbocycles. The fourth-order valence-electron chi connectivity index (χ4n) is 4.30. The first-order valence-corrected chi connectivity index (χ1v) is 14.0. The summed E-state index contributed by atoms with van der Waals surface area (Å²) in [6, 6.07) is 12.1. The molecule has 0 saturated heterocycles. The molecule has 0 fully saturated rings. The van der Waals surface area contributed by atoms with E-state index in [4.69, 9.17) is 9.47 Å². The van der Waals surface area contributed by atoms with Crippen molar-refractivity contribution in [2.45, 2.75) is 43.9 Å². The van der Waals surface area contributed by atoms with Crippen LogP contribution in [0.2, 0.25) is 0 Å². The van der Waals surface area contributed by atoms with E-state index in [9.17, 15) is 22.4 Å². The van der Waals surface area contributed by atoms with Crippen molar-refractivity contribution in [3.63, 3.8) is 0 Å². The third kappa shape index (κ3) is 6.52. The molecule has 3 aromatic rings. The maximum atomic E-state index is 14.9. The first-order chi connectivity index (χ1) is 17.5.